The van der Waals surface area contributed by atoms with Crippen LogP contribution in [0.25, 0.3) is 0 Å². The minimum Gasteiger partial charge on any atom is -0.369 e. The van der Waals surface area contributed by atoms with Crippen LogP contribution in [-0.2, 0) is 5.41 Å². The number of nitrogens with one attached hydrogen (secondary N) is 2. The first-order valence-corrected chi connectivity index (χ1v) is 7.28. The largest absolute Gasteiger partial charge is 0.369 e. The minimum absolute atomic E-state index is 0.178. The highest BCUT2D eigenvalue weighted by Gasteiger charge is 2.16. The van der Waals surface area contributed by atoms with Crippen molar-refractivity contribution in [3.8, 4) is 0 Å². The lowest BCUT2D eigenvalue weighted by molar-refractivity contribution is 0.586. The Hall–Kier alpha value is -1.44. The van der Waals surface area contributed by atoms with Crippen molar-refractivity contribution in [1.29, 1.82) is 0 Å². The maximum absolute atomic E-state index is 4.08. The highest BCUT2D eigenvalue weighted by Crippen LogP contribution is 2.25. The second-order valence-corrected chi connectivity index (χ2v) is 6.56. The van der Waals surface area contributed by atoms with Gasteiger partial charge in [0, 0.05) is 11.7 Å². The van der Waals surface area contributed by atoms with Crippen molar-refractivity contribution in [2.45, 2.75) is 57.9 Å². The van der Waals surface area contributed by atoms with E-state index in [1.807, 2.05) is 0 Å². The monoisotopic (exact) mass is 258 g/mol. The van der Waals surface area contributed by atoms with Gasteiger partial charge < -0.3 is 10.6 Å². The van der Waals surface area contributed by atoms with Gasteiger partial charge in [-0.1, -0.05) is 52.3 Å². The van der Waals surface area contributed by atoms with E-state index >= 15 is 0 Å². The summed E-state index contributed by atoms with van der Waals surface area (Å²) in [5.41, 5.74) is 2.63. The second kappa shape index (κ2) is 5.68. The Kier molecular flexibility index (Phi) is 4.18. The molecule has 0 heterocycles. The molecule has 0 unspecified atom stereocenters. The molecule has 1 aliphatic carbocycles. The first kappa shape index (κ1) is 14.0. The van der Waals surface area contributed by atoms with Crippen LogP contribution in [0.4, 0.5) is 5.69 Å². The minimum atomic E-state index is 0.178. The summed E-state index contributed by atoms with van der Waals surface area (Å²) in [7, 11) is 0. The van der Waals surface area contributed by atoms with Gasteiger partial charge in [-0.3, -0.25) is 0 Å². The number of benzene rings is 1. The van der Waals surface area contributed by atoms with E-state index in [2.05, 4.69) is 62.2 Å². The first-order valence-electron chi connectivity index (χ1n) is 7.28. The molecule has 0 bridgehead atoms. The molecule has 0 amide bonds. The fourth-order valence-corrected chi connectivity index (χ4v) is 2.59. The van der Waals surface area contributed by atoms with E-state index in [0.29, 0.717) is 6.04 Å². The molecule has 1 saturated carbocycles. The maximum atomic E-state index is 4.08. The normalized spacial score (nSPS) is 16.4. The number of hydrogen-bond acceptors (Lipinski definition) is 2. The quantitative estimate of drug-likeness (QED) is 0.836. The van der Waals surface area contributed by atoms with Gasteiger partial charge in [0.1, 0.15) is 0 Å². The van der Waals surface area contributed by atoms with Gasteiger partial charge in [0.15, 0.2) is 0 Å². The predicted octanol–water partition coefficient (Wildman–Crippen LogP) is 4.40. The van der Waals surface area contributed by atoms with Crippen molar-refractivity contribution in [3.63, 3.8) is 0 Å². The average molecular weight is 258 g/mol. The zero-order valence-electron chi connectivity index (χ0n) is 12.4. The number of anilines is 1. The molecule has 1 aromatic carbocycles. The van der Waals surface area contributed by atoms with Gasteiger partial charge in [-0.2, -0.15) is 0 Å². The van der Waals surface area contributed by atoms with Gasteiger partial charge >= 0.3 is 0 Å². The Bertz CT molecular complexity index is 437. The average Bonchev–Trinajstić information content (AvgIpc) is 2.80. The van der Waals surface area contributed by atoms with Gasteiger partial charge in [-0.25, -0.2) is 0 Å². The van der Waals surface area contributed by atoms with Crippen LogP contribution in [-0.4, -0.2) is 6.04 Å². The Labute approximate surface area is 117 Å². The molecule has 2 heteroatoms. The van der Waals surface area contributed by atoms with Crippen LogP contribution in [0.3, 0.4) is 0 Å². The lowest BCUT2D eigenvalue weighted by Gasteiger charge is -2.21. The predicted molar refractivity (Wildman–Crippen MR) is 83.3 cm³/mol. The Morgan fingerprint density at radius 1 is 1.21 bits per heavy atom. The topological polar surface area (TPSA) is 24.1 Å². The summed E-state index contributed by atoms with van der Waals surface area (Å²) in [6, 6.07) is 9.19. The molecule has 2 rings (SSSR count). The van der Waals surface area contributed by atoms with Crippen LogP contribution >= 0.6 is 0 Å². The van der Waals surface area contributed by atoms with Gasteiger partial charge in [-0.05, 0) is 36.0 Å². The van der Waals surface area contributed by atoms with E-state index in [-0.39, 0.29) is 5.41 Å². The highest BCUT2D eigenvalue weighted by molar-refractivity contribution is 5.50. The van der Waals surface area contributed by atoms with E-state index in [1.165, 1.54) is 31.2 Å². The van der Waals surface area contributed by atoms with Crippen LogP contribution in [0.2, 0.25) is 0 Å². The molecular formula is C17H26N2. The van der Waals surface area contributed by atoms with Crippen molar-refractivity contribution in [2.75, 3.05) is 5.32 Å². The SMILES string of the molecule is C=C(Nc1cccc(C(C)(C)C)c1)NC1CCCC1. The van der Waals surface area contributed by atoms with Gasteiger partial charge in [0.25, 0.3) is 0 Å². The molecule has 0 atom stereocenters. The molecule has 0 aliphatic heterocycles. The van der Waals surface area contributed by atoms with Crippen molar-refractivity contribution in [1.82, 2.24) is 5.32 Å². The highest BCUT2D eigenvalue weighted by atomic mass is 15.1. The first-order chi connectivity index (χ1) is 8.95. The van der Waals surface area contributed by atoms with E-state index in [0.717, 1.165) is 11.5 Å². The van der Waals surface area contributed by atoms with E-state index in [4.69, 9.17) is 0 Å². The lowest BCUT2D eigenvalue weighted by Crippen LogP contribution is -2.28. The van der Waals surface area contributed by atoms with Crippen LogP contribution in [0.1, 0.15) is 52.0 Å². The van der Waals surface area contributed by atoms with Gasteiger partial charge in [0.05, 0.1) is 5.82 Å². The smallest absolute Gasteiger partial charge is 0.0959 e. The molecule has 104 valence electrons. The third-order valence-electron chi connectivity index (χ3n) is 3.76. The molecule has 0 saturated heterocycles. The molecule has 0 aromatic heterocycles. The molecule has 2 N–H and O–H groups in total. The van der Waals surface area contributed by atoms with E-state index in [1.54, 1.807) is 0 Å². The lowest BCUT2D eigenvalue weighted by atomic mass is 9.87. The Balaban J connectivity index is 1.96. The zero-order valence-corrected chi connectivity index (χ0v) is 12.4. The number of hydrogen-bond donors (Lipinski definition) is 2. The summed E-state index contributed by atoms with van der Waals surface area (Å²) in [5, 5.41) is 6.86. The van der Waals surface area contributed by atoms with E-state index in [9.17, 15) is 0 Å². The fourth-order valence-electron chi connectivity index (χ4n) is 2.59. The Morgan fingerprint density at radius 3 is 2.53 bits per heavy atom. The van der Waals surface area contributed by atoms with Crippen LogP contribution < -0.4 is 10.6 Å². The molecule has 1 aromatic rings. The summed E-state index contributed by atoms with van der Waals surface area (Å²) < 4.78 is 0. The molecule has 19 heavy (non-hydrogen) atoms. The third-order valence-corrected chi connectivity index (χ3v) is 3.76. The molecular weight excluding hydrogens is 232 g/mol. The summed E-state index contributed by atoms with van der Waals surface area (Å²) in [6.45, 7) is 10.8. The third kappa shape index (κ3) is 4.02. The van der Waals surface area contributed by atoms with Crippen LogP contribution in [0.5, 0.6) is 0 Å². The fraction of sp³-hybridized carbons (Fsp3) is 0.529. The maximum Gasteiger partial charge on any atom is 0.0959 e. The van der Waals surface area contributed by atoms with Crippen molar-refractivity contribution in [3.05, 3.63) is 42.2 Å². The van der Waals surface area contributed by atoms with Gasteiger partial charge in [-0.15, -0.1) is 0 Å². The zero-order chi connectivity index (χ0) is 13.9. The van der Waals surface area contributed by atoms with E-state index < -0.39 is 0 Å². The molecule has 1 fully saturated rings. The summed E-state index contributed by atoms with van der Waals surface area (Å²) in [4.78, 5) is 0. The summed E-state index contributed by atoms with van der Waals surface area (Å²) in [6.07, 6.45) is 5.21. The van der Waals surface area contributed by atoms with Gasteiger partial charge in [0.2, 0.25) is 0 Å². The molecule has 1 aliphatic rings. The van der Waals surface area contributed by atoms with Crippen LogP contribution in [0.15, 0.2) is 36.7 Å². The molecule has 2 nitrogen and oxygen atoms in total. The molecule has 0 spiro atoms. The number of rotatable bonds is 4. The van der Waals surface area contributed by atoms with Crippen molar-refractivity contribution < 1.29 is 0 Å². The van der Waals surface area contributed by atoms with Crippen molar-refractivity contribution >= 4 is 5.69 Å². The molecule has 0 radical (unpaired) electrons. The second-order valence-electron chi connectivity index (χ2n) is 6.56. The summed E-state index contributed by atoms with van der Waals surface area (Å²) >= 11 is 0. The van der Waals surface area contributed by atoms with Crippen molar-refractivity contribution in [2.24, 2.45) is 0 Å². The summed E-state index contributed by atoms with van der Waals surface area (Å²) in [5.74, 6) is 0.915. The Morgan fingerprint density at radius 2 is 1.89 bits per heavy atom. The standard InChI is InChI=1S/C17H26N2/c1-13(18-15-9-5-6-10-15)19-16-11-7-8-14(12-16)17(2,3)4/h7-8,11-12,15,18-19H,1,5-6,9-10H2,2-4H3. The van der Waals surface area contributed by atoms with Crippen LogP contribution in [0, 0.1) is 0 Å².